The maximum Gasteiger partial charge on any atom is 0.340 e. The Morgan fingerprint density at radius 1 is 1.33 bits per heavy atom. The van der Waals surface area contributed by atoms with Crippen LogP contribution in [0.5, 0.6) is 0 Å². The third-order valence-electron chi connectivity index (χ3n) is 2.22. The van der Waals surface area contributed by atoms with E-state index in [0.717, 1.165) is 4.47 Å². The number of hydrogen-bond donors (Lipinski definition) is 0. The Morgan fingerprint density at radius 2 is 2.00 bits per heavy atom. The molecule has 0 aliphatic heterocycles. The first kappa shape index (κ1) is 12.8. The number of carbonyl (C=O) groups excluding carboxylic acids is 1. The summed E-state index contributed by atoms with van der Waals surface area (Å²) in [6, 6.07) is 5.38. The van der Waals surface area contributed by atoms with E-state index >= 15 is 0 Å². The SMILES string of the molecule is CC(C)OC(=O)c1cc(Br)ccc1-n1cnnc1. The number of aromatic nitrogens is 3. The van der Waals surface area contributed by atoms with E-state index < -0.39 is 0 Å². The van der Waals surface area contributed by atoms with Crippen molar-refractivity contribution < 1.29 is 9.53 Å². The van der Waals surface area contributed by atoms with Crippen LogP contribution >= 0.6 is 15.9 Å². The van der Waals surface area contributed by atoms with Gasteiger partial charge < -0.3 is 4.74 Å². The van der Waals surface area contributed by atoms with Gasteiger partial charge in [-0.3, -0.25) is 4.57 Å². The molecule has 0 atom stereocenters. The number of hydrogen-bond acceptors (Lipinski definition) is 4. The number of halogens is 1. The molecule has 2 aromatic rings. The topological polar surface area (TPSA) is 57.0 Å². The van der Waals surface area contributed by atoms with E-state index in [2.05, 4.69) is 26.1 Å². The molecule has 0 saturated heterocycles. The summed E-state index contributed by atoms with van der Waals surface area (Å²) in [6.45, 7) is 3.63. The lowest BCUT2D eigenvalue weighted by Crippen LogP contribution is -2.14. The fourth-order valence-corrected chi connectivity index (χ4v) is 1.86. The Hall–Kier alpha value is -1.69. The molecule has 0 radical (unpaired) electrons. The molecule has 0 aliphatic carbocycles. The van der Waals surface area contributed by atoms with E-state index in [9.17, 15) is 4.79 Å². The van der Waals surface area contributed by atoms with Crippen LogP contribution in [0.25, 0.3) is 5.69 Å². The fourth-order valence-electron chi connectivity index (χ4n) is 1.50. The van der Waals surface area contributed by atoms with Gasteiger partial charge in [-0.05, 0) is 32.0 Å². The van der Waals surface area contributed by atoms with Crippen LogP contribution in [0.3, 0.4) is 0 Å². The molecular weight excluding hydrogens is 298 g/mol. The molecule has 0 spiro atoms. The molecule has 0 aliphatic rings. The molecule has 1 aromatic carbocycles. The van der Waals surface area contributed by atoms with Crippen molar-refractivity contribution in [3.8, 4) is 5.69 Å². The molecule has 5 nitrogen and oxygen atoms in total. The lowest BCUT2D eigenvalue weighted by Gasteiger charge is -2.12. The Morgan fingerprint density at radius 3 is 2.61 bits per heavy atom. The van der Waals surface area contributed by atoms with Gasteiger partial charge in [0.2, 0.25) is 0 Å². The van der Waals surface area contributed by atoms with Gasteiger partial charge in [0.15, 0.2) is 0 Å². The number of esters is 1. The van der Waals surface area contributed by atoms with E-state index in [0.29, 0.717) is 11.3 Å². The van der Waals surface area contributed by atoms with Gasteiger partial charge in [-0.25, -0.2) is 4.79 Å². The summed E-state index contributed by atoms with van der Waals surface area (Å²) in [5, 5.41) is 7.46. The van der Waals surface area contributed by atoms with Gasteiger partial charge in [-0.2, -0.15) is 0 Å². The summed E-state index contributed by atoms with van der Waals surface area (Å²) in [7, 11) is 0. The predicted octanol–water partition coefficient (Wildman–Crippen LogP) is 2.59. The minimum absolute atomic E-state index is 0.162. The largest absolute Gasteiger partial charge is 0.459 e. The smallest absolute Gasteiger partial charge is 0.340 e. The summed E-state index contributed by atoms with van der Waals surface area (Å²) < 4.78 is 7.70. The van der Waals surface area contributed by atoms with E-state index in [1.54, 1.807) is 10.6 Å². The zero-order valence-electron chi connectivity index (χ0n) is 10.0. The van der Waals surface area contributed by atoms with Crippen molar-refractivity contribution in [2.45, 2.75) is 20.0 Å². The van der Waals surface area contributed by atoms with E-state index in [1.807, 2.05) is 26.0 Å². The summed E-state index contributed by atoms with van der Waals surface area (Å²) in [5.41, 5.74) is 1.16. The molecule has 1 aromatic heterocycles. The van der Waals surface area contributed by atoms with Gasteiger partial charge in [-0.15, -0.1) is 10.2 Å². The molecule has 2 rings (SSSR count). The minimum Gasteiger partial charge on any atom is -0.459 e. The molecule has 0 saturated carbocycles. The lowest BCUT2D eigenvalue weighted by molar-refractivity contribution is 0.0378. The van der Waals surface area contributed by atoms with E-state index in [4.69, 9.17) is 4.74 Å². The molecule has 0 N–H and O–H groups in total. The standard InChI is InChI=1S/C12H12BrN3O2/c1-8(2)18-12(17)10-5-9(13)3-4-11(10)16-6-14-15-7-16/h3-8H,1-2H3. The highest BCUT2D eigenvalue weighted by molar-refractivity contribution is 9.10. The second kappa shape index (κ2) is 5.30. The predicted molar refractivity (Wildman–Crippen MR) is 69.6 cm³/mol. The quantitative estimate of drug-likeness (QED) is 0.818. The zero-order chi connectivity index (χ0) is 13.1. The Bertz CT molecular complexity index is 552. The highest BCUT2D eigenvalue weighted by atomic mass is 79.9. The van der Waals surface area contributed by atoms with Crippen LogP contribution in [0.4, 0.5) is 0 Å². The molecule has 0 unspecified atom stereocenters. The van der Waals surface area contributed by atoms with Gasteiger partial charge in [-0.1, -0.05) is 15.9 Å². The third-order valence-corrected chi connectivity index (χ3v) is 2.71. The van der Waals surface area contributed by atoms with Crippen molar-refractivity contribution in [3.05, 3.63) is 40.9 Å². The highest BCUT2D eigenvalue weighted by Crippen LogP contribution is 2.21. The number of ether oxygens (including phenoxy) is 1. The molecule has 18 heavy (non-hydrogen) atoms. The van der Waals surface area contributed by atoms with Crippen LogP contribution in [-0.2, 0) is 4.74 Å². The monoisotopic (exact) mass is 309 g/mol. The molecule has 94 valence electrons. The zero-order valence-corrected chi connectivity index (χ0v) is 11.6. The Balaban J connectivity index is 2.44. The minimum atomic E-state index is -0.366. The number of benzene rings is 1. The average molecular weight is 310 g/mol. The molecule has 0 bridgehead atoms. The summed E-state index contributed by atoms with van der Waals surface area (Å²) >= 11 is 3.35. The average Bonchev–Trinajstić information content (AvgIpc) is 2.81. The van der Waals surface area contributed by atoms with Crippen LogP contribution in [0.2, 0.25) is 0 Å². The van der Waals surface area contributed by atoms with Crippen LogP contribution in [0, 0.1) is 0 Å². The fraction of sp³-hybridized carbons (Fsp3) is 0.250. The van der Waals surface area contributed by atoms with Gasteiger partial charge >= 0.3 is 5.97 Å². The van der Waals surface area contributed by atoms with Crippen molar-refractivity contribution in [2.24, 2.45) is 0 Å². The van der Waals surface area contributed by atoms with E-state index in [-0.39, 0.29) is 12.1 Å². The van der Waals surface area contributed by atoms with Crippen molar-refractivity contribution >= 4 is 21.9 Å². The van der Waals surface area contributed by atoms with Crippen LogP contribution in [-0.4, -0.2) is 26.8 Å². The van der Waals surface area contributed by atoms with Crippen LogP contribution < -0.4 is 0 Å². The van der Waals surface area contributed by atoms with Crippen molar-refractivity contribution in [2.75, 3.05) is 0 Å². The van der Waals surface area contributed by atoms with Crippen LogP contribution in [0.15, 0.2) is 35.3 Å². The Labute approximate surface area is 113 Å². The van der Waals surface area contributed by atoms with Crippen molar-refractivity contribution in [1.29, 1.82) is 0 Å². The molecule has 6 heteroatoms. The maximum absolute atomic E-state index is 12.0. The number of nitrogens with zero attached hydrogens (tertiary/aromatic N) is 3. The first-order chi connectivity index (χ1) is 8.58. The van der Waals surface area contributed by atoms with Gasteiger partial charge in [0.1, 0.15) is 12.7 Å². The first-order valence-corrected chi connectivity index (χ1v) is 6.23. The molecule has 0 amide bonds. The van der Waals surface area contributed by atoms with Crippen LogP contribution in [0.1, 0.15) is 24.2 Å². The highest BCUT2D eigenvalue weighted by Gasteiger charge is 2.16. The molecular formula is C12H12BrN3O2. The summed E-state index contributed by atoms with van der Waals surface area (Å²) in [4.78, 5) is 12.0. The van der Waals surface area contributed by atoms with Crippen molar-refractivity contribution in [1.82, 2.24) is 14.8 Å². The summed E-state index contributed by atoms with van der Waals surface area (Å²) in [5.74, 6) is -0.366. The van der Waals surface area contributed by atoms with Gasteiger partial charge in [0, 0.05) is 4.47 Å². The second-order valence-electron chi connectivity index (χ2n) is 3.98. The number of rotatable bonds is 3. The first-order valence-electron chi connectivity index (χ1n) is 5.43. The Kier molecular flexibility index (Phi) is 3.76. The van der Waals surface area contributed by atoms with Crippen molar-refractivity contribution in [3.63, 3.8) is 0 Å². The lowest BCUT2D eigenvalue weighted by atomic mass is 10.2. The van der Waals surface area contributed by atoms with Gasteiger partial charge in [0.25, 0.3) is 0 Å². The van der Waals surface area contributed by atoms with Gasteiger partial charge in [0.05, 0.1) is 17.4 Å². The van der Waals surface area contributed by atoms with E-state index in [1.165, 1.54) is 12.7 Å². The third kappa shape index (κ3) is 2.76. The second-order valence-corrected chi connectivity index (χ2v) is 4.90. The summed E-state index contributed by atoms with van der Waals surface area (Å²) in [6.07, 6.45) is 2.91. The maximum atomic E-state index is 12.0. The number of carbonyl (C=O) groups is 1. The molecule has 0 fully saturated rings. The molecule has 1 heterocycles. The normalized spacial score (nSPS) is 10.7.